The predicted molar refractivity (Wildman–Crippen MR) is 74.6 cm³/mol. The van der Waals surface area contributed by atoms with Crippen LogP contribution in [0.3, 0.4) is 0 Å². The maximum Gasteiger partial charge on any atom is 0.271 e. The number of hydrogen-bond acceptors (Lipinski definition) is 6. The largest absolute Gasteiger partial charge is 0.349 e. The average Bonchev–Trinajstić information content (AvgIpc) is 2.46. The number of nitrogens with one attached hydrogen (secondary N) is 2. The molecule has 0 aromatic carbocycles. The number of carbonyl (C=O) groups excluding carboxylic acids is 1. The second kappa shape index (κ2) is 7.65. The van der Waals surface area contributed by atoms with E-state index in [0.717, 1.165) is 13.0 Å². The molecule has 106 valence electrons. The van der Waals surface area contributed by atoms with Crippen LogP contribution in [0.2, 0.25) is 0 Å². The van der Waals surface area contributed by atoms with Gasteiger partial charge in [0.2, 0.25) is 0 Å². The molecule has 7 heteroatoms. The molecule has 0 aliphatic heterocycles. The second-order valence-corrected chi connectivity index (χ2v) is 4.44. The first-order valence-electron chi connectivity index (χ1n) is 6.37. The first-order valence-corrected chi connectivity index (χ1v) is 6.37. The van der Waals surface area contributed by atoms with Crippen LogP contribution in [0.15, 0.2) is 12.1 Å². The minimum absolute atomic E-state index is 0.228. The summed E-state index contributed by atoms with van der Waals surface area (Å²) < 4.78 is 0. The quantitative estimate of drug-likeness (QED) is 0.483. The highest BCUT2D eigenvalue weighted by atomic mass is 16.1. The van der Waals surface area contributed by atoms with E-state index in [1.165, 1.54) is 0 Å². The zero-order chi connectivity index (χ0) is 14.3. The van der Waals surface area contributed by atoms with Gasteiger partial charge in [-0.05, 0) is 32.5 Å². The van der Waals surface area contributed by atoms with Crippen LogP contribution in [-0.4, -0.2) is 47.2 Å². The molecule has 0 aliphatic carbocycles. The lowest BCUT2D eigenvalue weighted by Crippen LogP contribution is -2.37. The molecule has 0 saturated carbocycles. The molecule has 1 heterocycles. The highest BCUT2D eigenvalue weighted by Crippen LogP contribution is 2.00. The number of hydrogen-bond donors (Lipinski definition) is 3. The number of likely N-dealkylation sites (N-methyl/N-ethyl adjacent to an activating group) is 1. The van der Waals surface area contributed by atoms with Gasteiger partial charge < -0.3 is 15.6 Å². The fraction of sp³-hybridized carbons (Fsp3) is 0.583. The SMILES string of the molecule is CCC(C)N(C)CCNC(=O)c1ccc(NN)nn1. The fourth-order valence-corrected chi connectivity index (χ4v) is 1.50. The molecule has 1 atom stereocenters. The van der Waals surface area contributed by atoms with Crippen LogP contribution in [0.5, 0.6) is 0 Å². The topological polar surface area (TPSA) is 96.2 Å². The zero-order valence-corrected chi connectivity index (χ0v) is 11.7. The van der Waals surface area contributed by atoms with E-state index in [0.29, 0.717) is 18.4 Å². The van der Waals surface area contributed by atoms with Gasteiger partial charge in [0.1, 0.15) is 0 Å². The molecule has 7 nitrogen and oxygen atoms in total. The fourth-order valence-electron chi connectivity index (χ4n) is 1.50. The first-order chi connectivity index (χ1) is 9.08. The Kier molecular flexibility index (Phi) is 6.17. The first kappa shape index (κ1) is 15.3. The number of nitrogen functional groups attached to an aromatic ring is 1. The van der Waals surface area contributed by atoms with Crippen molar-refractivity contribution in [1.82, 2.24) is 20.4 Å². The Hall–Kier alpha value is -1.73. The lowest BCUT2D eigenvalue weighted by molar-refractivity contribution is 0.0941. The maximum absolute atomic E-state index is 11.8. The molecule has 1 aromatic rings. The number of carbonyl (C=O) groups is 1. The number of anilines is 1. The second-order valence-electron chi connectivity index (χ2n) is 4.44. The van der Waals surface area contributed by atoms with Crippen molar-refractivity contribution in [2.45, 2.75) is 26.3 Å². The van der Waals surface area contributed by atoms with Gasteiger partial charge in [0.25, 0.3) is 5.91 Å². The minimum atomic E-state index is -0.228. The van der Waals surface area contributed by atoms with E-state index >= 15 is 0 Å². The molecular weight excluding hydrogens is 244 g/mol. The lowest BCUT2D eigenvalue weighted by Gasteiger charge is -2.23. The third-order valence-electron chi connectivity index (χ3n) is 3.14. The number of nitrogens with two attached hydrogens (primary N) is 1. The van der Waals surface area contributed by atoms with Crippen molar-refractivity contribution < 1.29 is 4.79 Å². The Bertz CT molecular complexity index is 394. The molecule has 1 unspecified atom stereocenters. The van der Waals surface area contributed by atoms with Gasteiger partial charge in [-0.25, -0.2) is 5.84 Å². The van der Waals surface area contributed by atoms with Gasteiger partial charge in [0.15, 0.2) is 11.5 Å². The van der Waals surface area contributed by atoms with Crippen LogP contribution < -0.4 is 16.6 Å². The van der Waals surface area contributed by atoms with E-state index in [-0.39, 0.29) is 11.6 Å². The number of amides is 1. The number of hydrazine groups is 1. The summed E-state index contributed by atoms with van der Waals surface area (Å²) in [5, 5.41) is 10.3. The van der Waals surface area contributed by atoms with E-state index in [9.17, 15) is 4.79 Å². The van der Waals surface area contributed by atoms with Gasteiger partial charge in [-0.15, -0.1) is 10.2 Å². The smallest absolute Gasteiger partial charge is 0.271 e. The normalized spacial score (nSPS) is 12.3. The van der Waals surface area contributed by atoms with Crippen LogP contribution in [0, 0.1) is 0 Å². The number of nitrogens with zero attached hydrogens (tertiary/aromatic N) is 3. The summed E-state index contributed by atoms with van der Waals surface area (Å²) in [6.07, 6.45) is 1.09. The predicted octanol–water partition coefficient (Wildman–Crippen LogP) is 0.222. The molecule has 0 radical (unpaired) electrons. The summed E-state index contributed by atoms with van der Waals surface area (Å²) in [6.45, 7) is 5.68. The van der Waals surface area contributed by atoms with Crippen molar-refractivity contribution in [2.24, 2.45) is 5.84 Å². The van der Waals surface area contributed by atoms with Gasteiger partial charge in [0, 0.05) is 19.1 Å². The highest BCUT2D eigenvalue weighted by molar-refractivity contribution is 5.92. The van der Waals surface area contributed by atoms with E-state index < -0.39 is 0 Å². The molecule has 0 bridgehead atoms. The average molecular weight is 266 g/mol. The minimum Gasteiger partial charge on any atom is -0.349 e. The van der Waals surface area contributed by atoms with Crippen LogP contribution in [0.4, 0.5) is 5.82 Å². The third-order valence-corrected chi connectivity index (χ3v) is 3.14. The van der Waals surface area contributed by atoms with Gasteiger partial charge in [-0.1, -0.05) is 6.92 Å². The lowest BCUT2D eigenvalue weighted by atomic mass is 10.2. The molecular formula is C12H22N6O. The summed E-state index contributed by atoms with van der Waals surface area (Å²) >= 11 is 0. The van der Waals surface area contributed by atoms with Crippen molar-refractivity contribution in [2.75, 3.05) is 25.6 Å². The Labute approximate surface area is 113 Å². The molecule has 0 aliphatic rings. The highest BCUT2D eigenvalue weighted by Gasteiger charge is 2.09. The van der Waals surface area contributed by atoms with Gasteiger partial charge in [0.05, 0.1) is 0 Å². The van der Waals surface area contributed by atoms with E-state index in [2.05, 4.69) is 39.7 Å². The van der Waals surface area contributed by atoms with Gasteiger partial charge >= 0.3 is 0 Å². The summed E-state index contributed by atoms with van der Waals surface area (Å²) in [5.74, 6) is 5.37. The van der Waals surface area contributed by atoms with Crippen molar-refractivity contribution in [3.63, 3.8) is 0 Å². The molecule has 0 fully saturated rings. The molecule has 1 rings (SSSR count). The van der Waals surface area contributed by atoms with Crippen molar-refractivity contribution in [3.8, 4) is 0 Å². The number of aromatic nitrogens is 2. The van der Waals surface area contributed by atoms with Crippen molar-refractivity contribution in [3.05, 3.63) is 17.8 Å². The summed E-state index contributed by atoms with van der Waals surface area (Å²) in [5.41, 5.74) is 2.64. The third kappa shape index (κ3) is 4.80. The van der Waals surface area contributed by atoms with E-state index in [4.69, 9.17) is 5.84 Å². The standard InChI is InChI=1S/C12H22N6O/c1-4-9(2)18(3)8-7-14-12(19)10-5-6-11(15-13)17-16-10/h5-6,9H,4,7-8,13H2,1-3H3,(H,14,19)(H,15,17). The molecule has 19 heavy (non-hydrogen) atoms. The Balaban J connectivity index is 2.38. The van der Waals surface area contributed by atoms with Crippen LogP contribution in [0.25, 0.3) is 0 Å². The molecule has 0 saturated heterocycles. The van der Waals surface area contributed by atoms with Crippen LogP contribution in [0.1, 0.15) is 30.8 Å². The summed E-state index contributed by atoms with van der Waals surface area (Å²) in [6, 6.07) is 3.69. The molecule has 4 N–H and O–H groups in total. The number of rotatable bonds is 7. The molecule has 1 amide bonds. The van der Waals surface area contributed by atoms with Gasteiger partial charge in [-0.3, -0.25) is 4.79 Å². The van der Waals surface area contributed by atoms with E-state index in [1.54, 1.807) is 12.1 Å². The Morgan fingerprint density at radius 3 is 2.74 bits per heavy atom. The van der Waals surface area contributed by atoms with E-state index in [1.807, 2.05) is 7.05 Å². The van der Waals surface area contributed by atoms with Crippen molar-refractivity contribution >= 4 is 11.7 Å². The molecule has 0 spiro atoms. The summed E-state index contributed by atoms with van der Waals surface area (Å²) in [7, 11) is 2.04. The van der Waals surface area contributed by atoms with Crippen LogP contribution >= 0.6 is 0 Å². The maximum atomic E-state index is 11.8. The zero-order valence-electron chi connectivity index (χ0n) is 11.7. The summed E-state index contributed by atoms with van der Waals surface area (Å²) in [4.78, 5) is 14.0. The monoisotopic (exact) mass is 266 g/mol. The van der Waals surface area contributed by atoms with Crippen LogP contribution in [-0.2, 0) is 0 Å². The Morgan fingerprint density at radius 1 is 1.47 bits per heavy atom. The van der Waals surface area contributed by atoms with Gasteiger partial charge in [-0.2, -0.15) is 0 Å². The molecule has 1 aromatic heterocycles. The van der Waals surface area contributed by atoms with Crippen molar-refractivity contribution in [1.29, 1.82) is 0 Å². The Morgan fingerprint density at radius 2 is 2.21 bits per heavy atom.